The number of nitrogens with one attached hydrogen (secondary N) is 2. The zero-order valence-electron chi connectivity index (χ0n) is 18.7. The number of nitrogens with zero attached hydrogens (tertiary/aromatic N) is 2. The van der Waals surface area contributed by atoms with Crippen molar-refractivity contribution in [2.75, 3.05) is 7.05 Å². The minimum atomic E-state index is -0.144. The number of aromatic nitrogens is 1. The van der Waals surface area contributed by atoms with E-state index in [-0.39, 0.29) is 5.60 Å². The van der Waals surface area contributed by atoms with E-state index in [4.69, 9.17) is 9.26 Å². The maximum atomic E-state index is 5.87. The van der Waals surface area contributed by atoms with E-state index in [0.717, 1.165) is 35.8 Å². The predicted molar refractivity (Wildman–Crippen MR) is 118 cm³/mol. The number of hydrogen-bond donors (Lipinski definition) is 2. The fraction of sp³-hybridized carbons (Fsp3) is 0.565. The first-order valence-corrected chi connectivity index (χ1v) is 10.5. The van der Waals surface area contributed by atoms with E-state index in [2.05, 4.69) is 79.7 Å². The molecule has 1 aromatic carbocycles. The van der Waals surface area contributed by atoms with Gasteiger partial charge in [0.15, 0.2) is 11.7 Å². The van der Waals surface area contributed by atoms with Crippen molar-refractivity contribution in [3.63, 3.8) is 0 Å². The molecule has 2 N–H and O–H groups in total. The Labute approximate surface area is 175 Å². The fourth-order valence-electron chi connectivity index (χ4n) is 3.02. The lowest BCUT2D eigenvalue weighted by Gasteiger charge is -2.19. The first-order valence-electron chi connectivity index (χ1n) is 10.5. The summed E-state index contributed by atoms with van der Waals surface area (Å²) in [7, 11) is 1.76. The van der Waals surface area contributed by atoms with Gasteiger partial charge < -0.3 is 19.9 Å². The van der Waals surface area contributed by atoms with E-state index in [9.17, 15) is 0 Å². The van der Waals surface area contributed by atoms with Gasteiger partial charge in [-0.1, -0.05) is 43.3 Å². The molecule has 0 amide bonds. The summed E-state index contributed by atoms with van der Waals surface area (Å²) in [6.07, 6.45) is 2.14. The van der Waals surface area contributed by atoms with Crippen LogP contribution in [0.1, 0.15) is 76.0 Å². The Hall–Kier alpha value is -2.34. The van der Waals surface area contributed by atoms with Crippen molar-refractivity contribution in [2.24, 2.45) is 4.99 Å². The highest BCUT2D eigenvalue weighted by molar-refractivity contribution is 5.79. The highest BCUT2D eigenvalue weighted by Crippen LogP contribution is 2.22. The molecular weight excluding hydrogens is 364 g/mol. The Morgan fingerprint density at radius 2 is 1.79 bits per heavy atom. The van der Waals surface area contributed by atoms with E-state index in [0.29, 0.717) is 25.6 Å². The Morgan fingerprint density at radius 3 is 2.45 bits per heavy atom. The first-order chi connectivity index (χ1) is 13.8. The van der Waals surface area contributed by atoms with Gasteiger partial charge in [-0.25, -0.2) is 0 Å². The van der Waals surface area contributed by atoms with Crippen LogP contribution >= 0.6 is 0 Å². The zero-order chi connectivity index (χ0) is 21.3. The van der Waals surface area contributed by atoms with Crippen molar-refractivity contribution in [3.8, 4) is 0 Å². The molecule has 0 aliphatic carbocycles. The van der Waals surface area contributed by atoms with E-state index in [1.165, 1.54) is 5.56 Å². The van der Waals surface area contributed by atoms with Gasteiger partial charge in [-0.05, 0) is 44.7 Å². The molecule has 1 aromatic heterocycles. The molecular formula is C23H36N4O2. The van der Waals surface area contributed by atoms with Gasteiger partial charge in [0.05, 0.1) is 24.4 Å². The first kappa shape index (κ1) is 22.9. The lowest BCUT2D eigenvalue weighted by atomic mass is 9.99. The number of benzene rings is 1. The molecule has 29 heavy (non-hydrogen) atoms. The number of guanidine groups is 1. The molecule has 0 saturated carbocycles. The second-order valence-corrected chi connectivity index (χ2v) is 8.23. The van der Waals surface area contributed by atoms with Gasteiger partial charge in [0.25, 0.3) is 0 Å². The average Bonchev–Trinajstić information content (AvgIpc) is 3.16. The summed E-state index contributed by atoms with van der Waals surface area (Å²) < 4.78 is 11.3. The quantitative estimate of drug-likeness (QED) is 0.469. The van der Waals surface area contributed by atoms with Crippen LogP contribution in [0.25, 0.3) is 0 Å². The molecule has 0 spiro atoms. The van der Waals surface area contributed by atoms with Crippen molar-refractivity contribution < 1.29 is 9.26 Å². The third-order valence-corrected chi connectivity index (χ3v) is 4.76. The molecule has 0 aliphatic heterocycles. The molecule has 0 unspecified atom stereocenters. The fourth-order valence-corrected chi connectivity index (χ4v) is 3.02. The van der Waals surface area contributed by atoms with Crippen LogP contribution in [0.4, 0.5) is 0 Å². The standard InChI is InChI=1S/C23H36N4O2/c1-7-19(8-2)21-13-20(29-27-21)15-26-22(24-6)25-14-17-10-9-11-18(12-17)16-28-23(3,4)5/h9-13,19H,7-8,14-16H2,1-6H3,(H2,24,25,26). The second kappa shape index (κ2) is 11.0. The predicted octanol–water partition coefficient (Wildman–Crippen LogP) is 4.76. The van der Waals surface area contributed by atoms with Crippen molar-refractivity contribution in [3.05, 3.63) is 52.9 Å². The zero-order valence-corrected chi connectivity index (χ0v) is 18.7. The van der Waals surface area contributed by atoms with Crippen LogP contribution in [0.3, 0.4) is 0 Å². The summed E-state index contributed by atoms with van der Waals surface area (Å²) in [5, 5.41) is 10.8. The Bertz CT molecular complexity index is 773. The van der Waals surface area contributed by atoms with Gasteiger partial charge >= 0.3 is 0 Å². The van der Waals surface area contributed by atoms with Crippen LogP contribution in [0.15, 0.2) is 39.8 Å². The van der Waals surface area contributed by atoms with Crippen LogP contribution in [-0.2, 0) is 24.4 Å². The van der Waals surface area contributed by atoms with Crippen molar-refractivity contribution in [1.29, 1.82) is 0 Å². The number of rotatable bonds is 9. The van der Waals surface area contributed by atoms with Crippen LogP contribution in [0, 0.1) is 0 Å². The molecule has 0 aliphatic rings. The maximum absolute atomic E-state index is 5.87. The van der Waals surface area contributed by atoms with Gasteiger partial charge in [0.2, 0.25) is 0 Å². The van der Waals surface area contributed by atoms with E-state index < -0.39 is 0 Å². The molecule has 2 aromatic rings. The molecule has 160 valence electrons. The normalized spacial score (nSPS) is 12.4. The topological polar surface area (TPSA) is 71.7 Å². The van der Waals surface area contributed by atoms with Gasteiger partial charge in [-0.15, -0.1) is 0 Å². The van der Waals surface area contributed by atoms with Gasteiger partial charge in [0.1, 0.15) is 0 Å². The molecule has 0 atom stereocenters. The summed E-state index contributed by atoms with van der Waals surface area (Å²) in [6, 6.07) is 10.4. The summed E-state index contributed by atoms with van der Waals surface area (Å²) in [5.74, 6) is 2.00. The Kier molecular flexibility index (Phi) is 8.70. The summed E-state index contributed by atoms with van der Waals surface area (Å²) >= 11 is 0. The lowest BCUT2D eigenvalue weighted by Crippen LogP contribution is -2.36. The Balaban J connectivity index is 1.85. The van der Waals surface area contributed by atoms with Crippen LogP contribution in [0.2, 0.25) is 0 Å². The molecule has 0 saturated heterocycles. The van der Waals surface area contributed by atoms with Crippen molar-refractivity contribution >= 4 is 5.96 Å². The van der Waals surface area contributed by atoms with Crippen LogP contribution in [-0.4, -0.2) is 23.8 Å². The average molecular weight is 401 g/mol. The Morgan fingerprint density at radius 1 is 1.10 bits per heavy atom. The van der Waals surface area contributed by atoms with E-state index in [1.54, 1.807) is 7.05 Å². The lowest BCUT2D eigenvalue weighted by molar-refractivity contribution is -0.0149. The van der Waals surface area contributed by atoms with Crippen molar-refractivity contribution in [2.45, 2.75) is 78.7 Å². The van der Waals surface area contributed by atoms with Crippen molar-refractivity contribution in [1.82, 2.24) is 15.8 Å². The van der Waals surface area contributed by atoms with Gasteiger partial charge in [0, 0.05) is 25.6 Å². The minimum absolute atomic E-state index is 0.144. The second-order valence-electron chi connectivity index (χ2n) is 8.23. The molecule has 6 nitrogen and oxygen atoms in total. The highest BCUT2D eigenvalue weighted by atomic mass is 16.5. The van der Waals surface area contributed by atoms with E-state index in [1.807, 2.05) is 6.07 Å². The highest BCUT2D eigenvalue weighted by Gasteiger charge is 2.13. The number of ether oxygens (including phenoxy) is 1. The summed E-state index contributed by atoms with van der Waals surface area (Å²) in [4.78, 5) is 4.29. The smallest absolute Gasteiger partial charge is 0.191 e. The summed E-state index contributed by atoms with van der Waals surface area (Å²) in [6.45, 7) is 12.4. The van der Waals surface area contributed by atoms with Gasteiger partial charge in [-0.3, -0.25) is 4.99 Å². The molecule has 0 radical (unpaired) electrons. The monoisotopic (exact) mass is 400 g/mol. The molecule has 2 rings (SSSR count). The van der Waals surface area contributed by atoms with Gasteiger partial charge in [-0.2, -0.15) is 0 Å². The SMILES string of the molecule is CCC(CC)c1cc(CNC(=NC)NCc2cccc(COC(C)(C)C)c2)on1. The van der Waals surface area contributed by atoms with Crippen LogP contribution < -0.4 is 10.6 Å². The molecule has 0 fully saturated rings. The number of hydrogen-bond acceptors (Lipinski definition) is 4. The molecule has 0 bridgehead atoms. The number of aliphatic imine (C=N–C) groups is 1. The largest absolute Gasteiger partial charge is 0.371 e. The maximum Gasteiger partial charge on any atom is 0.191 e. The van der Waals surface area contributed by atoms with E-state index >= 15 is 0 Å². The van der Waals surface area contributed by atoms with Crippen LogP contribution in [0.5, 0.6) is 0 Å². The third-order valence-electron chi connectivity index (χ3n) is 4.76. The molecule has 6 heteroatoms. The third kappa shape index (κ3) is 7.89. The molecule has 1 heterocycles. The summed E-state index contributed by atoms with van der Waals surface area (Å²) in [5.41, 5.74) is 3.23. The minimum Gasteiger partial charge on any atom is -0.371 e.